The van der Waals surface area contributed by atoms with Crippen molar-refractivity contribution in [3.05, 3.63) is 0 Å². The second kappa shape index (κ2) is 20.1. The summed E-state index contributed by atoms with van der Waals surface area (Å²) >= 11 is 0. The van der Waals surface area contributed by atoms with Gasteiger partial charge in [0.2, 0.25) is 11.8 Å². The van der Waals surface area contributed by atoms with Crippen molar-refractivity contribution in [3.63, 3.8) is 0 Å². The molecule has 0 bridgehead atoms. The molecule has 0 aliphatic carbocycles. The van der Waals surface area contributed by atoms with E-state index in [9.17, 15) is 9.59 Å². The van der Waals surface area contributed by atoms with Crippen LogP contribution in [0.3, 0.4) is 0 Å². The van der Waals surface area contributed by atoms with Crippen molar-refractivity contribution < 1.29 is 28.5 Å². The maximum absolute atomic E-state index is 11.5. The number of ether oxygens (including phenoxy) is 4. The molecule has 0 saturated heterocycles. The fourth-order valence-electron chi connectivity index (χ4n) is 2.20. The van der Waals surface area contributed by atoms with Crippen LogP contribution < -0.4 is 10.6 Å². The maximum Gasteiger partial charge on any atom is 0.246 e. The minimum absolute atomic E-state index is 0.00126. The molecule has 2 atom stereocenters. The van der Waals surface area contributed by atoms with Crippen LogP contribution in [0.25, 0.3) is 0 Å². The molecule has 0 aliphatic rings. The van der Waals surface area contributed by atoms with Crippen LogP contribution in [-0.2, 0) is 28.5 Å². The van der Waals surface area contributed by atoms with E-state index < -0.39 is 0 Å². The summed E-state index contributed by atoms with van der Waals surface area (Å²) in [5.41, 5.74) is 0.192. The third kappa shape index (κ3) is 20.5. The van der Waals surface area contributed by atoms with Gasteiger partial charge in [-0.3, -0.25) is 9.59 Å². The molecule has 30 heavy (non-hydrogen) atoms. The van der Waals surface area contributed by atoms with Gasteiger partial charge in [0.15, 0.2) is 0 Å². The highest BCUT2D eigenvalue weighted by molar-refractivity contribution is 7.17. The molecule has 0 saturated carbocycles. The Kier molecular flexibility index (Phi) is 19.6. The SMILES string of the molecule is CC(C)OCC(=O)NCCCCCOCCOCCOCC(P)CNC(=O)C(C)C. The zero-order valence-corrected chi connectivity index (χ0v) is 20.4. The highest BCUT2D eigenvalue weighted by Gasteiger charge is 2.09. The van der Waals surface area contributed by atoms with E-state index in [1.54, 1.807) is 0 Å². The summed E-state index contributed by atoms with van der Waals surface area (Å²) in [6, 6.07) is 0. The van der Waals surface area contributed by atoms with E-state index in [4.69, 9.17) is 18.9 Å². The number of hydrogen-bond acceptors (Lipinski definition) is 6. The fourth-order valence-corrected chi connectivity index (χ4v) is 2.45. The summed E-state index contributed by atoms with van der Waals surface area (Å²) in [5.74, 6) is -0.00157. The number of unbranched alkanes of at least 4 members (excludes halogenated alkanes) is 2. The lowest BCUT2D eigenvalue weighted by Crippen LogP contribution is -2.34. The normalized spacial score (nSPS) is 12.4. The molecule has 0 radical (unpaired) electrons. The van der Waals surface area contributed by atoms with E-state index in [-0.39, 0.29) is 36.1 Å². The quantitative estimate of drug-likeness (QED) is 0.217. The summed E-state index contributed by atoms with van der Waals surface area (Å²) in [4.78, 5) is 22.9. The molecule has 9 heteroatoms. The molecule has 0 aromatic rings. The van der Waals surface area contributed by atoms with Crippen molar-refractivity contribution in [2.75, 3.05) is 59.3 Å². The molecule has 0 heterocycles. The van der Waals surface area contributed by atoms with Crippen molar-refractivity contribution in [2.45, 2.75) is 58.7 Å². The molecule has 0 aromatic heterocycles. The molecule has 0 fully saturated rings. The smallest absolute Gasteiger partial charge is 0.246 e. The summed E-state index contributed by atoms with van der Waals surface area (Å²) in [7, 11) is 2.68. The number of nitrogens with one attached hydrogen (secondary N) is 2. The standard InChI is InChI=1S/C21H43N2O6P/c1-17(2)21(25)23-14-19(30)15-28-13-12-27-11-10-26-9-7-5-6-8-22-20(24)16-29-18(3)4/h17-19H,5-16,30H2,1-4H3,(H,22,24)(H,23,25). The highest BCUT2D eigenvalue weighted by atomic mass is 31.0. The van der Waals surface area contributed by atoms with Crippen LogP contribution in [0.5, 0.6) is 0 Å². The highest BCUT2D eigenvalue weighted by Crippen LogP contribution is 2.00. The van der Waals surface area contributed by atoms with Crippen molar-refractivity contribution >= 4 is 21.1 Å². The molecule has 0 aromatic carbocycles. The first-order valence-electron chi connectivity index (χ1n) is 11.0. The third-order valence-corrected chi connectivity index (χ3v) is 4.40. The van der Waals surface area contributed by atoms with Gasteiger partial charge in [0.05, 0.1) is 39.1 Å². The van der Waals surface area contributed by atoms with E-state index in [0.717, 1.165) is 19.3 Å². The van der Waals surface area contributed by atoms with Crippen molar-refractivity contribution in [1.29, 1.82) is 0 Å². The summed E-state index contributed by atoms with van der Waals surface area (Å²) in [5, 5.41) is 5.72. The fraction of sp³-hybridized carbons (Fsp3) is 0.905. The Bertz CT molecular complexity index is 438. The zero-order chi connectivity index (χ0) is 22.6. The monoisotopic (exact) mass is 450 g/mol. The van der Waals surface area contributed by atoms with Crippen LogP contribution in [0, 0.1) is 5.92 Å². The molecule has 2 amide bonds. The molecule has 8 nitrogen and oxygen atoms in total. The van der Waals surface area contributed by atoms with Gasteiger partial charge in [-0.15, -0.1) is 9.24 Å². The second-order valence-electron chi connectivity index (χ2n) is 7.73. The largest absolute Gasteiger partial charge is 0.379 e. The molecule has 178 valence electrons. The lowest BCUT2D eigenvalue weighted by atomic mass is 10.2. The van der Waals surface area contributed by atoms with Crippen LogP contribution in [0.1, 0.15) is 47.0 Å². The molecular weight excluding hydrogens is 407 g/mol. The lowest BCUT2D eigenvalue weighted by Gasteiger charge is -2.14. The summed E-state index contributed by atoms with van der Waals surface area (Å²) in [6.07, 6.45) is 2.97. The van der Waals surface area contributed by atoms with Gasteiger partial charge in [-0.25, -0.2) is 0 Å². The Morgan fingerprint density at radius 3 is 2.10 bits per heavy atom. The van der Waals surface area contributed by atoms with Gasteiger partial charge in [0, 0.05) is 31.3 Å². The Morgan fingerprint density at radius 2 is 1.47 bits per heavy atom. The number of hydrogen-bond donors (Lipinski definition) is 2. The van der Waals surface area contributed by atoms with Gasteiger partial charge < -0.3 is 29.6 Å². The molecule has 2 unspecified atom stereocenters. The number of carbonyl (C=O) groups excluding carboxylic acids is 2. The Hall–Kier alpha value is -0.790. The molecular formula is C21H43N2O6P. The summed E-state index contributed by atoms with van der Waals surface area (Å²) < 4.78 is 21.8. The van der Waals surface area contributed by atoms with Crippen LogP contribution in [0.15, 0.2) is 0 Å². The van der Waals surface area contributed by atoms with Crippen LogP contribution >= 0.6 is 9.24 Å². The van der Waals surface area contributed by atoms with Gasteiger partial charge in [-0.05, 0) is 33.1 Å². The first-order chi connectivity index (χ1) is 14.3. The molecule has 0 aliphatic heterocycles. The number of rotatable bonds is 20. The summed E-state index contributed by atoms with van der Waals surface area (Å²) in [6.45, 7) is 12.4. The van der Waals surface area contributed by atoms with Crippen LogP contribution in [0.2, 0.25) is 0 Å². The van der Waals surface area contributed by atoms with Gasteiger partial charge in [-0.1, -0.05) is 13.8 Å². The van der Waals surface area contributed by atoms with E-state index in [2.05, 4.69) is 19.9 Å². The van der Waals surface area contributed by atoms with Gasteiger partial charge in [-0.2, -0.15) is 0 Å². The van der Waals surface area contributed by atoms with Crippen LogP contribution in [-0.4, -0.2) is 82.9 Å². The number of carbonyl (C=O) groups is 2. The van der Waals surface area contributed by atoms with E-state index >= 15 is 0 Å². The van der Waals surface area contributed by atoms with E-state index in [1.807, 2.05) is 27.7 Å². The van der Waals surface area contributed by atoms with Crippen molar-refractivity contribution in [3.8, 4) is 0 Å². The molecule has 0 spiro atoms. The van der Waals surface area contributed by atoms with Crippen LogP contribution in [0.4, 0.5) is 0 Å². The van der Waals surface area contributed by atoms with E-state index in [0.29, 0.717) is 52.7 Å². The second-order valence-corrected chi connectivity index (χ2v) is 8.67. The average molecular weight is 451 g/mol. The first-order valence-corrected chi connectivity index (χ1v) is 11.6. The van der Waals surface area contributed by atoms with Gasteiger partial charge >= 0.3 is 0 Å². The Balaban J connectivity index is 3.26. The van der Waals surface area contributed by atoms with Gasteiger partial charge in [0.1, 0.15) is 6.61 Å². The minimum Gasteiger partial charge on any atom is -0.379 e. The van der Waals surface area contributed by atoms with Crippen molar-refractivity contribution in [2.24, 2.45) is 5.92 Å². The predicted molar refractivity (Wildman–Crippen MR) is 122 cm³/mol. The third-order valence-electron chi connectivity index (χ3n) is 3.97. The Labute approximate surface area is 184 Å². The Morgan fingerprint density at radius 1 is 0.833 bits per heavy atom. The molecule has 2 N–H and O–H groups in total. The topological polar surface area (TPSA) is 95.1 Å². The lowest BCUT2D eigenvalue weighted by molar-refractivity contribution is -0.127. The zero-order valence-electron chi connectivity index (χ0n) is 19.2. The number of amides is 2. The molecule has 0 rings (SSSR count). The first kappa shape index (κ1) is 29.2. The van der Waals surface area contributed by atoms with Crippen molar-refractivity contribution in [1.82, 2.24) is 10.6 Å². The average Bonchev–Trinajstić information content (AvgIpc) is 2.70. The minimum atomic E-state index is -0.0628. The predicted octanol–water partition coefficient (Wildman–Crippen LogP) is 1.76. The maximum atomic E-state index is 11.5. The van der Waals surface area contributed by atoms with E-state index in [1.165, 1.54) is 0 Å². The van der Waals surface area contributed by atoms with Gasteiger partial charge in [0.25, 0.3) is 0 Å².